The maximum absolute atomic E-state index is 13.0. The van der Waals surface area contributed by atoms with Crippen molar-refractivity contribution in [2.75, 3.05) is 0 Å². The highest BCUT2D eigenvalue weighted by molar-refractivity contribution is 5.38. The van der Waals surface area contributed by atoms with Crippen LogP contribution in [0.5, 0.6) is 0 Å². The van der Waals surface area contributed by atoms with Crippen LogP contribution in [0.3, 0.4) is 0 Å². The van der Waals surface area contributed by atoms with Crippen LogP contribution in [0.25, 0.3) is 0 Å². The lowest BCUT2D eigenvalue weighted by Gasteiger charge is -2.11. The van der Waals surface area contributed by atoms with Crippen LogP contribution in [-0.4, -0.2) is 6.47 Å². The molecule has 0 saturated heterocycles. The van der Waals surface area contributed by atoms with Gasteiger partial charge in [0.15, 0.2) is 0 Å². The van der Waals surface area contributed by atoms with Gasteiger partial charge in [0.25, 0.3) is 6.47 Å². The lowest BCUT2D eigenvalue weighted by molar-refractivity contribution is -0.133. The molecule has 0 N–H and O–H groups in total. The van der Waals surface area contributed by atoms with Crippen LogP contribution in [0, 0.1) is 11.6 Å². The summed E-state index contributed by atoms with van der Waals surface area (Å²) in [6.07, 6.45) is -0.904. The van der Waals surface area contributed by atoms with Crippen molar-refractivity contribution >= 4 is 6.47 Å². The molecule has 4 heteroatoms. The van der Waals surface area contributed by atoms with Gasteiger partial charge in [0.2, 0.25) is 0 Å². The summed E-state index contributed by atoms with van der Waals surface area (Å²) in [4.78, 5) is 9.94. The third kappa shape index (κ3) is 2.02. The van der Waals surface area contributed by atoms with Crippen molar-refractivity contribution in [1.29, 1.82) is 0 Å². The Labute approximate surface area is 74.1 Å². The van der Waals surface area contributed by atoms with Gasteiger partial charge in [0, 0.05) is 0 Å². The molecule has 2 nitrogen and oxygen atoms in total. The van der Waals surface area contributed by atoms with Crippen molar-refractivity contribution in [2.24, 2.45) is 0 Å². The zero-order valence-electron chi connectivity index (χ0n) is 6.96. The topological polar surface area (TPSA) is 26.3 Å². The van der Waals surface area contributed by atoms with Gasteiger partial charge >= 0.3 is 0 Å². The van der Waals surface area contributed by atoms with E-state index in [1.165, 1.54) is 13.0 Å². The summed E-state index contributed by atoms with van der Waals surface area (Å²) in [6.45, 7) is 1.56. The molecule has 0 saturated carbocycles. The summed E-state index contributed by atoms with van der Waals surface area (Å²) >= 11 is 0. The molecule has 0 aromatic heterocycles. The minimum atomic E-state index is -0.904. The first kappa shape index (κ1) is 9.64. The molecule has 1 aromatic carbocycles. The van der Waals surface area contributed by atoms with Gasteiger partial charge in [-0.1, -0.05) is 6.07 Å². The van der Waals surface area contributed by atoms with Crippen LogP contribution in [0.1, 0.15) is 18.6 Å². The monoisotopic (exact) mass is 186 g/mol. The first-order chi connectivity index (χ1) is 6.16. The highest BCUT2D eigenvalue weighted by Crippen LogP contribution is 2.22. The Bertz CT molecular complexity index is 292. The predicted octanol–water partition coefficient (Wildman–Crippen LogP) is 2.20. The van der Waals surface area contributed by atoms with Gasteiger partial charge in [-0.15, -0.1) is 0 Å². The number of carbonyl (C=O) groups is 1. The summed E-state index contributed by atoms with van der Waals surface area (Å²) in [5, 5.41) is 0. The number of rotatable bonds is 3. The van der Waals surface area contributed by atoms with Gasteiger partial charge in [-0.05, 0) is 19.1 Å². The van der Waals surface area contributed by atoms with Gasteiger partial charge in [0.1, 0.15) is 17.7 Å². The minimum Gasteiger partial charge on any atom is -0.460 e. The molecule has 70 valence electrons. The lowest BCUT2D eigenvalue weighted by atomic mass is 10.1. The summed E-state index contributed by atoms with van der Waals surface area (Å²) in [5.74, 6) is -1.43. The summed E-state index contributed by atoms with van der Waals surface area (Å²) in [6, 6.07) is 3.48. The van der Waals surface area contributed by atoms with E-state index in [1.807, 2.05) is 0 Å². The Balaban J connectivity index is 3.04. The molecule has 0 bridgehead atoms. The van der Waals surface area contributed by atoms with Crippen LogP contribution < -0.4 is 0 Å². The molecule has 0 aliphatic heterocycles. The summed E-state index contributed by atoms with van der Waals surface area (Å²) < 4.78 is 30.4. The molecular formula is C9H8F2O2. The van der Waals surface area contributed by atoms with Crippen LogP contribution in [-0.2, 0) is 9.53 Å². The normalized spacial score (nSPS) is 12.2. The molecule has 0 aliphatic carbocycles. The van der Waals surface area contributed by atoms with Gasteiger partial charge in [0.05, 0.1) is 5.56 Å². The van der Waals surface area contributed by atoms with E-state index in [2.05, 4.69) is 4.74 Å². The number of halogens is 2. The molecular weight excluding hydrogens is 178 g/mol. The van der Waals surface area contributed by atoms with E-state index in [9.17, 15) is 13.6 Å². The van der Waals surface area contributed by atoms with Gasteiger partial charge in [-0.2, -0.15) is 0 Å². The number of carbonyl (C=O) groups excluding carboxylic acids is 1. The lowest BCUT2D eigenvalue weighted by Crippen LogP contribution is -2.04. The summed E-state index contributed by atoms with van der Waals surface area (Å²) in [5.41, 5.74) is -0.227. The zero-order chi connectivity index (χ0) is 9.84. The molecule has 1 atom stereocenters. The molecule has 0 radical (unpaired) electrons. The summed E-state index contributed by atoms with van der Waals surface area (Å²) in [7, 11) is 0. The van der Waals surface area contributed by atoms with E-state index in [1.54, 1.807) is 0 Å². The molecule has 0 aliphatic rings. The maximum Gasteiger partial charge on any atom is 0.293 e. The van der Waals surface area contributed by atoms with E-state index in [0.29, 0.717) is 0 Å². The zero-order valence-corrected chi connectivity index (χ0v) is 6.96. The van der Waals surface area contributed by atoms with Crippen molar-refractivity contribution in [3.63, 3.8) is 0 Å². The fourth-order valence-corrected chi connectivity index (χ4v) is 1.05. The Morgan fingerprint density at radius 1 is 1.38 bits per heavy atom. The fourth-order valence-electron chi connectivity index (χ4n) is 1.05. The first-order valence-electron chi connectivity index (χ1n) is 3.70. The van der Waals surface area contributed by atoms with Crippen molar-refractivity contribution < 1.29 is 18.3 Å². The SMILES string of the molecule is CC(OC=O)c1c(F)cccc1F. The van der Waals surface area contributed by atoms with Crippen molar-refractivity contribution in [1.82, 2.24) is 0 Å². The van der Waals surface area contributed by atoms with Crippen LogP contribution in [0.15, 0.2) is 18.2 Å². The largest absolute Gasteiger partial charge is 0.460 e. The van der Waals surface area contributed by atoms with Crippen molar-refractivity contribution in [3.8, 4) is 0 Å². The molecule has 1 aromatic rings. The maximum atomic E-state index is 13.0. The second-order valence-corrected chi connectivity index (χ2v) is 2.51. The highest BCUT2D eigenvalue weighted by atomic mass is 19.1. The minimum absolute atomic E-state index is 0.163. The first-order valence-corrected chi connectivity index (χ1v) is 3.70. The van der Waals surface area contributed by atoms with Crippen LogP contribution in [0.2, 0.25) is 0 Å². The van der Waals surface area contributed by atoms with Crippen molar-refractivity contribution in [3.05, 3.63) is 35.4 Å². The van der Waals surface area contributed by atoms with E-state index in [-0.39, 0.29) is 12.0 Å². The van der Waals surface area contributed by atoms with E-state index in [0.717, 1.165) is 12.1 Å². The number of ether oxygens (including phenoxy) is 1. The quantitative estimate of drug-likeness (QED) is 0.676. The Kier molecular flexibility index (Phi) is 2.95. The second-order valence-electron chi connectivity index (χ2n) is 2.51. The average molecular weight is 186 g/mol. The van der Waals surface area contributed by atoms with Gasteiger partial charge < -0.3 is 4.74 Å². The van der Waals surface area contributed by atoms with E-state index in [4.69, 9.17) is 0 Å². The molecule has 0 spiro atoms. The van der Waals surface area contributed by atoms with Crippen molar-refractivity contribution in [2.45, 2.75) is 13.0 Å². The molecule has 1 unspecified atom stereocenters. The number of hydrogen-bond donors (Lipinski definition) is 0. The number of hydrogen-bond acceptors (Lipinski definition) is 2. The fraction of sp³-hybridized carbons (Fsp3) is 0.222. The highest BCUT2D eigenvalue weighted by Gasteiger charge is 2.16. The van der Waals surface area contributed by atoms with E-state index < -0.39 is 17.7 Å². The third-order valence-electron chi connectivity index (χ3n) is 1.67. The third-order valence-corrected chi connectivity index (χ3v) is 1.67. The standard InChI is InChI=1S/C9H8F2O2/c1-6(13-5-12)9-7(10)3-2-4-8(9)11/h2-6H,1H3. The average Bonchev–Trinajstić information content (AvgIpc) is 2.04. The second kappa shape index (κ2) is 3.98. The molecule has 0 heterocycles. The smallest absolute Gasteiger partial charge is 0.293 e. The Morgan fingerprint density at radius 3 is 2.38 bits per heavy atom. The molecule has 0 amide bonds. The molecule has 13 heavy (non-hydrogen) atoms. The van der Waals surface area contributed by atoms with Crippen LogP contribution >= 0.6 is 0 Å². The van der Waals surface area contributed by atoms with E-state index >= 15 is 0 Å². The van der Waals surface area contributed by atoms with Gasteiger partial charge in [-0.25, -0.2) is 8.78 Å². The number of benzene rings is 1. The van der Waals surface area contributed by atoms with Gasteiger partial charge in [-0.3, -0.25) is 4.79 Å². The Hall–Kier alpha value is -1.45. The predicted molar refractivity (Wildman–Crippen MR) is 41.9 cm³/mol. The molecule has 1 rings (SSSR count). The van der Waals surface area contributed by atoms with Crippen LogP contribution in [0.4, 0.5) is 8.78 Å². The Morgan fingerprint density at radius 2 is 1.92 bits per heavy atom. The molecule has 0 fully saturated rings.